The highest BCUT2D eigenvalue weighted by Gasteiger charge is 2.48. The number of non-ortho nitro benzene ring substituents is 1. The second-order valence-electron chi connectivity index (χ2n) is 7.62. The largest absolute Gasteiger partial charge is 0.507 e. The molecule has 1 aliphatic heterocycles. The van der Waals surface area contributed by atoms with E-state index in [2.05, 4.69) is 4.98 Å². The number of ether oxygens (including phenoxy) is 1. The third kappa shape index (κ3) is 4.03. The standard InChI is InChI=1S/C24H21N3O6S/c1-4-33-18-10-8-15(9-11-18)21(28)19-20(16-6-5-7-17(12-16)27(31)32)26(23(30)22(19)29)24-25-13(2)14(3)34-24/h5-12,20,28H,4H2,1-3H3/b21-19+/t20-/m0/s1. The van der Waals surface area contributed by atoms with Crippen molar-refractivity contribution in [1.82, 2.24) is 4.98 Å². The number of hydrogen-bond donors (Lipinski definition) is 1. The molecule has 3 aromatic rings. The summed E-state index contributed by atoms with van der Waals surface area (Å²) in [6, 6.07) is 11.0. The number of benzene rings is 2. The molecule has 2 heterocycles. The van der Waals surface area contributed by atoms with E-state index in [4.69, 9.17) is 4.74 Å². The zero-order valence-corrected chi connectivity index (χ0v) is 19.5. The Bertz CT molecular complexity index is 1310. The smallest absolute Gasteiger partial charge is 0.301 e. The molecule has 1 N–H and O–H groups in total. The molecule has 1 aliphatic rings. The molecule has 1 amide bonds. The lowest BCUT2D eigenvalue weighted by Crippen LogP contribution is -2.29. The Morgan fingerprint density at radius 2 is 1.91 bits per heavy atom. The van der Waals surface area contributed by atoms with Gasteiger partial charge in [-0.3, -0.25) is 24.6 Å². The van der Waals surface area contributed by atoms with Gasteiger partial charge in [0.05, 0.1) is 28.8 Å². The zero-order chi connectivity index (χ0) is 24.6. The molecule has 0 aliphatic carbocycles. The van der Waals surface area contributed by atoms with Crippen LogP contribution in [-0.2, 0) is 9.59 Å². The van der Waals surface area contributed by atoms with E-state index in [0.29, 0.717) is 29.2 Å². The topological polar surface area (TPSA) is 123 Å². The zero-order valence-electron chi connectivity index (χ0n) is 18.6. The van der Waals surface area contributed by atoms with Crippen molar-refractivity contribution in [3.63, 3.8) is 0 Å². The maximum atomic E-state index is 13.2. The number of nitro groups is 1. The van der Waals surface area contributed by atoms with Crippen molar-refractivity contribution < 1.29 is 24.4 Å². The van der Waals surface area contributed by atoms with Crippen molar-refractivity contribution in [2.75, 3.05) is 11.5 Å². The number of nitro benzene ring substituents is 1. The van der Waals surface area contributed by atoms with Crippen LogP contribution in [-0.4, -0.2) is 33.3 Å². The minimum Gasteiger partial charge on any atom is -0.507 e. The summed E-state index contributed by atoms with van der Waals surface area (Å²) in [6.45, 7) is 5.94. The van der Waals surface area contributed by atoms with Crippen molar-refractivity contribution in [2.24, 2.45) is 0 Å². The highest BCUT2D eigenvalue weighted by molar-refractivity contribution is 7.16. The van der Waals surface area contributed by atoms with Crippen LogP contribution in [0.1, 0.15) is 34.7 Å². The fourth-order valence-corrected chi connectivity index (χ4v) is 4.68. The number of aliphatic hydroxyl groups is 1. The number of thiazole rings is 1. The number of hydrogen-bond acceptors (Lipinski definition) is 8. The normalized spacial score (nSPS) is 17.3. The van der Waals surface area contributed by atoms with Crippen molar-refractivity contribution >= 4 is 39.6 Å². The first-order valence-electron chi connectivity index (χ1n) is 10.5. The first-order chi connectivity index (χ1) is 16.2. The Balaban J connectivity index is 1.92. The van der Waals surface area contributed by atoms with Crippen molar-refractivity contribution in [3.8, 4) is 5.75 Å². The van der Waals surface area contributed by atoms with E-state index in [1.807, 2.05) is 13.8 Å². The van der Waals surface area contributed by atoms with Gasteiger partial charge in [-0.05, 0) is 50.6 Å². The summed E-state index contributed by atoms with van der Waals surface area (Å²) < 4.78 is 5.42. The van der Waals surface area contributed by atoms with Crippen LogP contribution in [0.25, 0.3) is 5.76 Å². The molecule has 2 aromatic carbocycles. The molecular formula is C24H21N3O6S. The second-order valence-corrected chi connectivity index (χ2v) is 8.80. The molecule has 1 saturated heterocycles. The number of carbonyl (C=O) groups excluding carboxylic acids is 2. The Hall–Kier alpha value is -4.05. The van der Waals surface area contributed by atoms with Gasteiger partial charge in [0.2, 0.25) is 0 Å². The number of anilines is 1. The highest BCUT2D eigenvalue weighted by Crippen LogP contribution is 2.44. The quantitative estimate of drug-likeness (QED) is 0.179. The highest BCUT2D eigenvalue weighted by atomic mass is 32.1. The van der Waals surface area contributed by atoms with E-state index >= 15 is 0 Å². The lowest BCUT2D eigenvalue weighted by atomic mass is 9.95. The minimum absolute atomic E-state index is 0.167. The van der Waals surface area contributed by atoms with Gasteiger partial charge in [0.25, 0.3) is 11.5 Å². The summed E-state index contributed by atoms with van der Waals surface area (Å²) in [5, 5.41) is 22.8. The van der Waals surface area contributed by atoms with Crippen LogP contribution in [0.4, 0.5) is 10.8 Å². The van der Waals surface area contributed by atoms with E-state index in [1.54, 1.807) is 37.3 Å². The number of aryl methyl sites for hydroxylation is 2. The number of aliphatic hydroxyl groups excluding tert-OH is 1. The average molecular weight is 480 g/mol. The maximum absolute atomic E-state index is 13.2. The number of rotatable bonds is 6. The molecule has 0 spiro atoms. The first-order valence-corrected chi connectivity index (χ1v) is 11.3. The number of aromatic nitrogens is 1. The molecule has 10 heteroatoms. The number of ketones is 1. The molecule has 0 unspecified atom stereocenters. The van der Waals surface area contributed by atoms with Crippen LogP contribution in [0.5, 0.6) is 5.75 Å². The molecule has 0 saturated carbocycles. The van der Waals surface area contributed by atoms with Gasteiger partial charge in [-0.15, -0.1) is 11.3 Å². The number of carbonyl (C=O) groups is 2. The predicted molar refractivity (Wildman–Crippen MR) is 127 cm³/mol. The third-order valence-corrected chi connectivity index (χ3v) is 6.58. The molecule has 0 bridgehead atoms. The van der Waals surface area contributed by atoms with E-state index < -0.39 is 22.7 Å². The summed E-state index contributed by atoms with van der Waals surface area (Å²) in [5.41, 5.74) is 0.955. The van der Waals surface area contributed by atoms with Gasteiger partial charge >= 0.3 is 5.91 Å². The van der Waals surface area contributed by atoms with Crippen molar-refractivity contribution in [1.29, 1.82) is 0 Å². The van der Waals surface area contributed by atoms with Crippen molar-refractivity contribution in [2.45, 2.75) is 26.8 Å². The van der Waals surface area contributed by atoms with E-state index in [0.717, 1.165) is 4.88 Å². The van der Waals surface area contributed by atoms with Crippen LogP contribution in [0.15, 0.2) is 54.1 Å². The molecule has 1 atom stereocenters. The Morgan fingerprint density at radius 1 is 1.21 bits per heavy atom. The van der Waals surface area contributed by atoms with Gasteiger partial charge in [0.1, 0.15) is 11.5 Å². The summed E-state index contributed by atoms with van der Waals surface area (Å²) in [4.78, 5) is 43.7. The number of Topliss-reactive ketones (excluding diaryl/α,β-unsaturated/α-hetero) is 1. The van der Waals surface area contributed by atoms with Gasteiger partial charge in [0, 0.05) is 22.6 Å². The number of nitrogens with zero attached hydrogens (tertiary/aromatic N) is 3. The average Bonchev–Trinajstić information content (AvgIpc) is 3.29. The monoisotopic (exact) mass is 479 g/mol. The van der Waals surface area contributed by atoms with Gasteiger partial charge in [-0.25, -0.2) is 4.98 Å². The van der Waals surface area contributed by atoms with Crippen LogP contribution in [0, 0.1) is 24.0 Å². The van der Waals surface area contributed by atoms with Crippen LogP contribution >= 0.6 is 11.3 Å². The van der Waals surface area contributed by atoms with E-state index in [-0.39, 0.29) is 22.2 Å². The molecule has 0 radical (unpaired) electrons. The van der Waals surface area contributed by atoms with Gasteiger partial charge in [-0.1, -0.05) is 12.1 Å². The molecule has 9 nitrogen and oxygen atoms in total. The summed E-state index contributed by atoms with van der Waals surface area (Å²) in [7, 11) is 0. The predicted octanol–water partition coefficient (Wildman–Crippen LogP) is 4.69. The minimum atomic E-state index is -1.09. The Labute approximate surface area is 199 Å². The lowest BCUT2D eigenvalue weighted by Gasteiger charge is -2.22. The summed E-state index contributed by atoms with van der Waals surface area (Å²) in [6.07, 6.45) is 0. The molecule has 1 fully saturated rings. The third-order valence-electron chi connectivity index (χ3n) is 5.50. The van der Waals surface area contributed by atoms with Crippen molar-refractivity contribution in [3.05, 3.63) is 85.9 Å². The SMILES string of the molecule is CCOc1ccc(/C(O)=C2\C(=O)C(=O)N(c3nc(C)c(C)s3)[C@H]2c2cccc([N+](=O)[O-])c2)cc1. The fourth-order valence-electron chi connectivity index (χ4n) is 3.74. The second kappa shape index (κ2) is 9.06. The Kier molecular flexibility index (Phi) is 6.16. The lowest BCUT2D eigenvalue weighted by molar-refractivity contribution is -0.384. The van der Waals surface area contributed by atoms with Gasteiger partial charge in [0.15, 0.2) is 5.13 Å². The van der Waals surface area contributed by atoms with Crippen LogP contribution in [0.2, 0.25) is 0 Å². The molecular weight excluding hydrogens is 458 g/mol. The van der Waals surface area contributed by atoms with E-state index in [9.17, 15) is 24.8 Å². The first kappa shape index (κ1) is 23.1. The fraction of sp³-hybridized carbons (Fsp3) is 0.208. The van der Waals surface area contributed by atoms with Crippen LogP contribution < -0.4 is 9.64 Å². The molecule has 174 valence electrons. The Morgan fingerprint density at radius 3 is 2.50 bits per heavy atom. The summed E-state index contributed by atoms with van der Waals surface area (Å²) in [5.74, 6) is -1.56. The van der Waals surface area contributed by atoms with E-state index in [1.165, 1.54) is 34.4 Å². The van der Waals surface area contributed by atoms with Gasteiger partial charge < -0.3 is 9.84 Å². The maximum Gasteiger partial charge on any atom is 0.301 e. The summed E-state index contributed by atoms with van der Waals surface area (Å²) >= 11 is 1.23. The number of amides is 1. The van der Waals surface area contributed by atoms with Crippen LogP contribution in [0.3, 0.4) is 0 Å². The molecule has 1 aromatic heterocycles. The van der Waals surface area contributed by atoms with Gasteiger partial charge in [-0.2, -0.15) is 0 Å². The molecule has 4 rings (SSSR count). The molecule has 34 heavy (non-hydrogen) atoms.